The van der Waals surface area contributed by atoms with E-state index in [1.807, 2.05) is 0 Å². The Morgan fingerprint density at radius 3 is 2.71 bits per heavy atom. The second-order valence-corrected chi connectivity index (χ2v) is 3.85. The summed E-state index contributed by atoms with van der Waals surface area (Å²) in [4.78, 5) is 23.4. The molecule has 0 spiro atoms. The molecule has 90 valence electrons. The van der Waals surface area contributed by atoms with Gasteiger partial charge in [-0.15, -0.1) is 13.2 Å². The quantitative estimate of drug-likeness (QED) is 0.540. The number of ether oxygens (including phenoxy) is 1. The molecule has 0 aromatic heterocycles. The first-order valence-corrected chi connectivity index (χ1v) is 5.40. The number of allylic oxidation sites excluding steroid dienone is 3. The minimum atomic E-state index is -1.22. The first-order chi connectivity index (χ1) is 8.05. The van der Waals surface area contributed by atoms with Crippen molar-refractivity contribution in [2.24, 2.45) is 0 Å². The number of esters is 1. The molecule has 0 saturated heterocycles. The summed E-state index contributed by atoms with van der Waals surface area (Å²) in [5.41, 5.74) is -0.633. The Kier molecular flexibility index (Phi) is 4.21. The molecule has 0 N–H and O–H groups in total. The highest BCUT2D eigenvalue weighted by atomic mass is 16.6. The normalized spacial score (nSPS) is 22.9. The van der Waals surface area contributed by atoms with Gasteiger partial charge in [-0.1, -0.05) is 24.3 Å². The third kappa shape index (κ3) is 2.81. The molecule has 1 aliphatic rings. The van der Waals surface area contributed by atoms with E-state index in [-0.39, 0.29) is 12.2 Å². The number of ketones is 1. The molecule has 17 heavy (non-hydrogen) atoms. The summed E-state index contributed by atoms with van der Waals surface area (Å²) in [6.07, 6.45) is 9.00. The van der Waals surface area contributed by atoms with Crippen molar-refractivity contribution in [3.8, 4) is 0 Å². The van der Waals surface area contributed by atoms with Crippen LogP contribution in [0.5, 0.6) is 0 Å². The molecule has 0 amide bonds. The summed E-state index contributed by atoms with van der Waals surface area (Å²) >= 11 is 0. The lowest BCUT2D eigenvalue weighted by molar-refractivity contribution is -0.158. The summed E-state index contributed by atoms with van der Waals surface area (Å²) in [6, 6.07) is 0. The standard InChI is InChI=1S/C14H16O3/c1-4-7-12-8-6-10-14(9-5-2,13(12)16)17-11(3)15/h4-6,8,10H,1-2,7,9H2,3H3. The highest BCUT2D eigenvalue weighted by molar-refractivity contribution is 6.06. The van der Waals surface area contributed by atoms with Crippen LogP contribution in [0.3, 0.4) is 0 Å². The first kappa shape index (κ1) is 13.2. The van der Waals surface area contributed by atoms with Gasteiger partial charge in [-0.3, -0.25) is 9.59 Å². The summed E-state index contributed by atoms with van der Waals surface area (Å²) in [7, 11) is 0. The molecule has 1 aliphatic carbocycles. The average molecular weight is 232 g/mol. The van der Waals surface area contributed by atoms with E-state index in [0.29, 0.717) is 12.0 Å². The fourth-order valence-corrected chi connectivity index (χ4v) is 1.81. The van der Waals surface area contributed by atoms with Gasteiger partial charge in [-0.05, 0) is 12.5 Å². The Hall–Kier alpha value is -1.90. The van der Waals surface area contributed by atoms with Gasteiger partial charge in [0.2, 0.25) is 5.78 Å². The molecule has 0 bridgehead atoms. The molecular weight excluding hydrogens is 216 g/mol. The smallest absolute Gasteiger partial charge is 0.303 e. The second kappa shape index (κ2) is 5.43. The van der Waals surface area contributed by atoms with Crippen LogP contribution in [0.2, 0.25) is 0 Å². The van der Waals surface area contributed by atoms with Crippen LogP contribution >= 0.6 is 0 Å². The zero-order valence-corrected chi connectivity index (χ0v) is 9.94. The minimum absolute atomic E-state index is 0.199. The van der Waals surface area contributed by atoms with Gasteiger partial charge in [0.15, 0.2) is 5.60 Å². The van der Waals surface area contributed by atoms with Crippen molar-refractivity contribution in [3.63, 3.8) is 0 Å². The van der Waals surface area contributed by atoms with Crippen LogP contribution < -0.4 is 0 Å². The van der Waals surface area contributed by atoms with Gasteiger partial charge >= 0.3 is 5.97 Å². The van der Waals surface area contributed by atoms with Crippen molar-refractivity contribution in [3.05, 3.63) is 49.1 Å². The average Bonchev–Trinajstić information content (AvgIpc) is 2.25. The Labute approximate surface area is 101 Å². The molecule has 0 fully saturated rings. The Bertz CT molecular complexity index is 415. The van der Waals surface area contributed by atoms with Crippen molar-refractivity contribution in [1.82, 2.24) is 0 Å². The first-order valence-electron chi connectivity index (χ1n) is 5.40. The number of hydrogen-bond donors (Lipinski definition) is 0. The van der Waals surface area contributed by atoms with E-state index in [0.717, 1.165) is 0 Å². The topological polar surface area (TPSA) is 43.4 Å². The molecule has 1 rings (SSSR count). The van der Waals surface area contributed by atoms with Gasteiger partial charge in [0.25, 0.3) is 0 Å². The molecule has 0 radical (unpaired) electrons. The monoisotopic (exact) mass is 232 g/mol. The Morgan fingerprint density at radius 2 is 2.18 bits per heavy atom. The van der Waals surface area contributed by atoms with E-state index >= 15 is 0 Å². The summed E-state index contributed by atoms with van der Waals surface area (Å²) in [5, 5.41) is 0. The third-order valence-corrected chi connectivity index (χ3v) is 2.48. The lowest BCUT2D eigenvalue weighted by Crippen LogP contribution is -2.42. The lowest BCUT2D eigenvalue weighted by Gasteiger charge is -2.30. The molecular formula is C14H16O3. The minimum Gasteiger partial charge on any atom is -0.446 e. The Morgan fingerprint density at radius 1 is 1.47 bits per heavy atom. The van der Waals surface area contributed by atoms with Crippen LogP contribution in [0.1, 0.15) is 19.8 Å². The van der Waals surface area contributed by atoms with Crippen LogP contribution in [0, 0.1) is 0 Å². The summed E-state index contributed by atoms with van der Waals surface area (Å²) < 4.78 is 5.19. The van der Waals surface area contributed by atoms with Crippen molar-refractivity contribution in [2.75, 3.05) is 0 Å². The van der Waals surface area contributed by atoms with Crippen LogP contribution in [-0.4, -0.2) is 17.4 Å². The number of Topliss-reactive ketones (excluding diaryl/α,β-unsaturated/α-hetero) is 1. The van der Waals surface area contributed by atoms with E-state index < -0.39 is 11.6 Å². The number of hydrogen-bond acceptors (Lipinski definition) is 3. The zero-order chi connectivity index (χ0) is 12.9. The van der Waals surface area contributed by atoms with Gasteiger partial charge in [0.1, 0.15) is 0 Å². The maximum atomic E-state index is 12.3. The van der Waals surface area contributed by atoms with Gasteiger partial charge in [0.05, 0.1) is 0 Å². The number of rotatable bonds is 5. The van der Waals surface area contributed by atoms with Crippen molar-refractivity contribution in [2.45, 2.75) is 25.4 Å². The van der Waals surface area contributed by atoms with Crippen LogP contribution in [-0.2, 0) is 14.3 Å². The second-order valence-electron chi connectivity index (χ2n) is 3.85. The van der Waals surface area contributed by atoms with Crippen LogP contribution in [0.25, 0.3) is 0 Å². The SMILES string of the molecule is C=CCC1=CC=CC(CC=C)(OC(C)=O)C1=O. The number of carbonyl (C=O) groups is 2. The van der Waals surface area contributed by atoms with Gasteiger partial charge in [0, 0.05) is 18.9 Å². The van der Waals surface area contributed by atoms with Crippen molar-refractivity contribution >= 4 is 11.8 Å². The van der Waals surface area contributed by atoms with Gasteiger partial charge in [-0.25, -0.2) is 0 Å². The fourth-order valence-electron chi connectivity index (χ4n) is 1.81. The molecule has 0 saturated carbocycles. The summed E-state index contributed by atoms with van der Waals surface area (Å²) in [5.74, 6) is -0.681. The maximum absolute atomic E-state index is 12.3. The van der Waals surface area contributed by atoms with E-state index in [2.05, 4.69) is 13.2 Å². The molecule has 1 atom stereocenters. The third-order valence-electron chi connectivity index (χ3n) is 2.48. The summed E-state index contributed by atoms with van der Waals surface area (Å²) in [6.45, 7) is 8.48. The molecule has 3 nitrogen and oxygen atoms in total. The van der Waals surface area contributed by atoms with E-state index in [1.54, 1.807) is 30.4 Å². The maximum Gasteiger partial charge on any atom is 0.303 e. The Balaban J connectivity index is 3.07. The predicted octanol–water partition coefficient (Wildman–Crippen LogP) is 2.51. The van der Waals surface area contributed by atoms with Crippen molar-refractivity contribution < 1.29 is 14.3 Å². The largest absolute Gasteiger partial charge is 0.446 e. The number of carbonyl (C=O) groups excluding carboxylic acids is 2. The predicted molar refractivity (Wildman–Crippen MR) is 66.4 cm³/mol. The highest BCUT2D eigenvalue weighted by Crippen LogP contribution is 2.29. The highest BCUT2D eigenvalue weighted by Gasteiger charge is 2.40. The van der Waals surface area contributed by atoms with E-state index in [1.165, 1.54) is 6.92 Å². The lowest BCUT2D eigenvalue weighted by atomic mass is 9.84. The molecule has 3 heteroatoms. The molecule has 0 aliphatic heterocycles. The van der Waals surface area contributed by atoms with Gasteiger partial charge in [-0.2, -0.15) is 0 Å². The molecule has 0 aromatic rings. The van der Waals surface area contributed by atoms with Crippen LogP contribution in [0.4, 0.5) is 0 Å². The van der Waals surface area contributed by atoms with Gasteiger partial charge < -0.3 is 4.74 Å². The molecule has 0 heterocycles. The molecule has 1 unspecified atom stereocenters. The van der Waals surface area contributed by atoms with Crippen LogP contribution in [0.15, 0.2) is 49.1 Å². The van der Waals surface area contributed by atoms with E-state index in [4.69, 9.17) is 4.74 Å². The fraction of sp³-hybridized carbons (Fsp3) is 0.286. The van der Waals surface area contributed by atoms with Crippen molar-refractivity contribution in [1.29, 1.82) is 0 Å². The zero-order valence-electron chi connectivity index (χ0n) is 9.94. The molecule has 0 aromatic carbocycles. The van der Waals surface area contributed by atoms with E-state index in [9.17, 15) is 9.59 Å².